The molecule has 0 aliphatic carbocycles. The summed E-state index contributed by atoms with van der Waals surface area (Å²) in [5, 5.41) is 5.99. The Bertz CT molecular complexity index is 411. The number of nitrogens with one attached hydrogen (secondary N) is 2. The number of hydrogen-bond donors (Lipinski definition) is 3. The maximum atomic E-state index is 11.0. The lowest BCUT2D eigenvalue weighted by atomic mass is 10.2. The summed E-state index contributed by atoms with van der Waals surface area (Å²) in [6.07, 6.45) is 3.04. The molecule has 7 heteroatoms. The van der Waals surface area contributed by atoms with Crippen molar-refractivity contribution in [1.29, 1.82) is 0 Å². The Morgan fingerprint density at radius 1 is 1.69 bits per heavy atom. The number of carbonyl (C=O) groups is 1. The summed E-state index contributed by atoms with van der Waals surface area (Å²) in [6, 6.07) is 0.163. The Labute approximate surface area is 101 Å². The Kier molecular flexibility index (Phi) is 3.23. The molecule has 1 saturated heterocycles. The number of nitrogen functional groups attached to an aromatic ring is 1. The zero-order valence-corrected chi connectivity index (χ0v) is 10.1. The van der Waals surface area contributed by atoms with Gasteiger partial charge in [-0.25, -0.2) is 4.98 Å². The Hall–Kier alpha value is -1.37. The highest BCUT2D eigenvalue weighted by Crippen LogP contribution is 2.19. The smallest absolute Gasteiger partial charge is 0.221 e. The fourth-order valence-electron chi connectivity index (χ4n) is 1.56. The average molecular weight is 286 g/mol. The van der Waals surface area contributed by atoms with Gasteiger partial charge in [0.2, 0.25) is 11.9 Å². The third-order valence-electron chi connectivity index (χ3n) is 2.36. The van der Waals surface area contributed by atoms with E-state index in [9.17, 15) is 4.79 Å². The fraction of sp³-hybridized carbons (Fsp3) is 0.444. The van der Waals surface area contributed by atoms with Gasteiger partial charge in [-0.15, -0.1) is 0 Å². The first kappa shape index (κ1) is 11.1. The Balaban J connectivity index is 1.94. The highest BCUT2D eigenvalue weighted by Gasteiger charge is 2.20. The molecule has 0 saturated carbocycles. The predicted octanol–water partition coefficient (Wildman–Crippen LogP) is 0.512. The first-order valence-electron chi connectivity index (χ1n) is 4.96. The molecule has 1 aliphatic rings. The molecule has 86 valence electrons. The zero-order chi connectivity index (χ0) is 11.5. The van der Waals surface area contributed by atoms with Crippen molar-refractivity contribution in [3.63, 3.8) is 0 Å². The van der Waals surface area contributed by atoms with Gasteiger partial charge >= 0.3 is 0 Å². The second-order valence-corrected chi connectivity index (χ2v) is 4.46. The summed E-state index contributed by atoms with van der Waals surface area (Å²) in [6.45, 7) is 0.640. The molecule has 2 rings (SSSR count). The molecule has 16 heavy (non-hydrogen) atoms. The van der Waals surface area contributed by atoms with Gasteiger partial charge in [-0.05, 0) is 22.4 Å². The molecule has 6 nitrogen and oxygen atoms in total. The molecule has 0 spiro atoms. The minimum Gasteiger partial charge on any atom is -0.368 e. The molecule has 1 atom stereocenters. The normalized spacial score (nSPS) is 19.6. The van der Waals surface area contributed by atoms with Crippen LogP contribution in [-0.4, -0.2) is 28.5 Å². The molecule has 1 unspecified atom stereocenters. The molecule has 1 aromatic rings. The van der Waals surface area contributed by atoms with Crippen LogP contribution in [0.3, 0.4) is 0 Å². The van der Waals surface area contributed by atoms with Crippen LogP contribution in [0.4, 0.5) is 11.8 Å². The van der Waals surface area contributed by atoms with Crippen LogP contribution in [0.15, 0.2) is 10.7 Å². The molecule has 1 aliphatic heterocycles. The lowest BCUT2D eigenvalue weighted by Gasteiger charge is -2.12. The summed E-state index contributed by atoms with van der Waals surface area (Å²) >= 11 is 3.32. The number of halogens is 1. The molecule has 2 heterocycles. The van der Waals surface area contributed by atoms with Crippen molar-refractivity contribution >= 4 is 33.6 Å². The highest BCUT2D eigenvalue weighted by atomic mass is 79.9. The van der Waals surface area contributed by atoms with E-state index in [0.29, 0.717) is 18.8 Å². The van der Waals surface area contributed by atoms with E-state index >= 15 is 0 Å². The quantitative estimate of drug-likeness (QED) is 0.753. The van der Waals surface area contributed by atoms with Crippen molar-refractivity contribution < 1.29 is 4.79 Å². The SMILES string of the molecule is Nc1ncc(Br)c(NCC2CCC(=O)N2)n1. The van der Waals surface area contributed by atoms with E-state index in [1.807, 2.05) is 0 Å². The number of carbonyl (C=O) groups excluding carboxylic acids is 1. The van der Waals surface area contributed by atoms with Crippen molar-refractivity contribution in [3.8, 4) is 0 Å². The minimum atomic E-state index is 0.105. The van der Waals surface area contributed by atoms with Crippen LogP contribution >= 0.6 is 15.9 Å². The summed E-state index contributed by atoms with van der Waals surface area (Å²) in [5.74, 6) is 0.975. The predicted molar refractivity (Wildman–Crippen MR) is 63.8 cm³/mol. The van der Waals surface area contributed by atoms with Gasteiger partial charge in [-0.2, -0.15) is 4.98 Å². The third-order valence-corrected chi connectivity index (χ3v) is 2.94. The van der Waals surface area contributed by atoms with E-state index in [2.05, 4.69) is 36.5 Å². The second-order valence-electron chi connectivity index (χ2n) is 3.61. The Morgan fingerprint density at radius 2 is 2.50 bits per heavy atom. The molecule has 4 N–H and O–H groups in total. The van der Waals surface area contributed by atoms with Crippen molar-refractivity contribution in [1.82, 2.24) is 15.3 Å². The molecule has 0 bridgehead atoms. The minimum absolute atomic E-state index is 0.105. The van der Waals surface area contributed by atoms with Crippen molar-refractivity contribution in [2.45, 2.75) is 18.9 Å². The molecular formula is C9H12BrN5O. The fourth-order valence-corrected chi connectivity index (χ4v) is 1.89. The van der Waals surface area contributed by atoms with E-state index in [4.69, 9.17) is 5.73 Å². The molecule has 0 aromatic carbocycles. The maximum absolute atomic E-state index is 11.0. The monoisotopic (exact) mass is 285 g/mol. The first-order valence-corrected chi connectivity index (χ1v) is 5.75. The number of anilines is 2. The van der Waals surface area contributed by atoms with Crippen LogP contribution in [0.25, 0.3) is 0 Å². The van der Waals surface area contributed by atoms with Crippen LogP contribution in [0.1, 0.15) is 12.8 Å². The number of amides is 1. The lowest BCUT2D eigenvalue weighted by molar-refractivity contribution is -0.119. The van der Waals surface area contributed by atoms with Gasteiger partial charge in [-0.3, -0.25) is 4.79 Å². The van der Waals surface area contributed by atoms with Gasteiger partial charge in [0, 0.05) is 25.2 Å². The number of aromatic nitrogens is 2. The maximum Gasteiger partial charge on any atom is 0.221 e. The third kappa shape index (κ3) is 2.60. The number of rotatable bonds is 3. The van der Waals surface area contributed by atoms with Crippen LogP contribution in [-0.2, 0) is 4.79 Å². The average Bonchev–Trinajstić information content (AvgIpc) is 2.66. The Morgan fingerprint density at radius 3 is 3.19 bits per heavy atom. The van der Waals surface area contributed by atoms with E-state index in [1.54, 1.807) is 6.20 Å². The van der Waals surface area contributed by atoms with Crippen LogP contribution in [0.2, 0.25) is 0 Å². The van der Waals surface area contributed by atoms with Crippen molar-refractivity contribution in [3.05, 3.63) is 10.7 Å². The van der Waals surface area contributed by atoms with Gasteiger partial charge in [0.1, 0.15) is 5.82 Å². The van der Waals surface area contributed by atoms with Crippen LogP contribution < -0.4 is 16.4 Å². The van der Waals surface area contributed by atoms with Gasteiger partial charge in [-0.1, -0.05) is 0 Å². The highest BCUT2D eigenvalue weighted by molar-refractivity contribution is 9.10. The van der Waals surface area contributed by atoms with Gasteiger partial charge < -0.3 is 16.4 Å². The van der Waals surface area contributed by atoms with Crippen molar-refractivity contribution in [2.24, 2.45) is 0 Å². The number of hydrogen-bond acceptors (Lipinski definition) is 5. The van der Waals surface area contributed by atoms with Crippen LogP contribution in [0.5, 0.6) is 0 Å². The topological polar surface area (TPSA) is 92.9 Å². The van der Waals surface area contributed by atoms with E-state index < -0.39 is 0 Å². The standard InChI is InChI=1S/C9H12BrN5O/c10-6-4-13-9(11)15-8(6)12-3-5-1-2-7(16)14-5/h4-5H,1-3H2,(H,14,16)(H3,11,12,13,15). The summed E-state index contributed by atoms with van der Waals surface area (Å²) in [4.78, 5) is 18.9. The van der Waals surface area contributed by atoms with E-state index in [-0.39, 0.29) is 17.9 Å². The van der Waals surface area contributed by atoms with Gasteiger partial charge in [0.15, 0.2) is 0 Å². The summed E-state index contributed by atoms with van der Waals surface area (Å²) in [5.41, 5.74) is 5.48. The second kappa shape index (κ2) is 4.65. The number of nitrogens with zero attached hydrogens (tertiary/aromatic N) is 2. The van der Waals surface area contributed by atoms with Crippen LogP contribution in [0, 0.1) is 0 Å². The molecule has 0 radical (unpaired) electrons. The molecule has 1 fully saturated rings. The van der Waals surface area contributed by atoms with Gasteiger partial charge in [0.05, 0.1) is 4.47 Å². The number of nitrogens with two attached hydrogens (primary N) is 1. The zero-order valence-electron chi connectivity index (χ0n) is 8.53. The van der Waals surface area contributed by atoms with Crippen molar-refractivity contribution in [2.75, 3.05) is 17.6 Å². The molecule has 1 amide bonds. The lowest BCUT2D eigenvalue weighted by Crippen LogP contribution is -2.32. The van der Waals surface area contributed by atoms with E-state index in [0.717, 1.165) is 10.9 Å². The van der Waals surface area contributed by atoms with Gasteiger partial charge in [0.25, 0.3) is 0 Å². The summed E-state index contributed by atoms with van der Waals surface area (Å²) in [7, 11) is 0. The van der Waals surface area contributed by atoms with E-state index in [1.165, 1.54) is 0 Å². The molecule has 1 aromatic heterocycles. The summed E-state index contributed by atoms with van der Waals surface area (Å²) < 4.78 is 0.756. The molecular weight excluding hydrogens is 274 g/mol. The largest absolute Gasteiger partial charge is 0.368 e. The first-order chi connectivity index (χ1) is 7.65.